The maximum Gasteiger partial charge on any atom is 0.250 e. The van der Waals surface area contributed by atoms with Crippen molar-refractivity contribution in [3.63, 3.8) is 0 Å². The third kappa shape index (κ3) is 4.87. The molecule has 0 saturated carbocycles. The highest BCUT2D eigenvalue weighted by Crippen LogP contribution is 2.35. The molecule has 1 N–H and O–H groups in total. The van der Waals surface area contributed by atoms with Crippen molar-refractivity contribution in [3.8, 4) is 22.8 Å². The average Bonchev–Trinajstić information content (AvgIpc) is 3.15. The Morgan fingerprint density at radius 1 is 1.15 bits per heavy atom. The summed E-state index contributed by atoms with van der Waals surface area (Å²) in [5, 5.41) is 5.77. The molecule has 1 aromatic heterocycles. The van der Waals surface area contributed by atoms with E-state index >= 15 is 0 Å². The van der Waals surface area contributed by atoms with E-state index in [-0.39, 0.29) is 5.91 Å². The molecule has 0 atom stereocenters. The largest absolute Gasteiger partial charge is 0.497 e. The van der Waals surface area contributed by atoms with Crippen LogP contribution < -0.4 is 14.8 Å². The first-order chi connectivity index (χ1) is 13.1. The SMILES string of the molecule is COc1ccc(OC)c(-c2csc(NC(=O)/C=C/c3ccc(Cl)cc3)n2)c1. The van der Waals surface area contributed by atoms with Gasteiger partial charge in [-0.1, -0.05) is 23.7 Å². The highest BCUT2D eigenvalue weighted by molar-refractivity contribution is 7.14. The number of rotatable bonds is 6. The number of carbonyl (C=O) groups excluding carboxylic acids is 1. The Bertz CT molecular complexity index is 968. The highest BCUT2D eigenvalue weighted by Gasteiger charge is 2.12. The van der Waals surface area contributed by atoms with Crippen LogP contribution in [0.5, 0.6) is 11.5 Å². The van der Waals surface area contributed by atoms with E-state index in [2.05, 4.69) is 10.3 Å². The van der Waals surface area contributed by atoms with Crippen LogP contribution in [0.2, 0.25) is 5.02 Å². The van der Waals surface area contributed by atoms with E-state index in [4.69, 9.17) is 21.1 Å². The molecule has 3 aromatic rings. The van der Waals surface area contributed by atoms with Crippen LogP contribution in [0.15, 0.2) is 53.9 Å². The molecule has 3 rings (SSSR count). The van der Waals surface area contributed by atoms with Gasteiger partial charge in [0.05, 0.1) is 19.9 Å². The van der Waals surface area contributed by atoms with Crippen LogP contribution >= 0.6 is 22.9 Å². The summed E-state index contributed by atoms with van der Waals surface area (Å²) in [5.41, 5.74) is 2.38. The topological polar surface area (TPSA) is 60.5 Å². The number of nitrogens with one attached hydrogen (secondary N) is 1. The molecule has 0 fully saturated rings. The summed E-state index contributed by atoms with van der Waals surface area (Å²) < 4.78 is 10.6. The predicted molar refractivity (Wildman–Crippen MR) is 110 cm³/mol. The van der Waals surface area contributed by atoms with Gasteiger partial charge in [-0.15, -0.1) is 11.3 Å². The maximum atomic E-state index is 12.1. The summed E-state index contributed by atoms with van der Waals surface area (Å²) in [6, 6.07) is 12.7. The molecule has 138 valence electrons. The fraction of sp³-hybridized carbons (Fsp3) is 0.100. The van der Waals surface area contributed by atoms with Crippen LogP contribution in [-0.4, -0.2) is 25.1 Å². The van der Waals surface area contributed by atoms with E-state index < -0.39 is 0 Å². The number of thiazole rings is 1. The summed E-state index contributed by atoms with van der Waals surface area (Å²) in [7, 11) is 3.20. The van der Waals surface area contributed by atoms with E-state index in [9.17, 15) is 4.79 Å². The predicted octanol–water partition coefficient (Wildman–Crippen LogP) is 5.13. The van der Waals surface area contributed by atoms with Crippen LogP contribution in [0.1, 0.15) is 5.56 Å². The van der Waals surface area contributed by atoms with Gasteiger partial charge in [-0.25, -0.2) is 4.98 Å². The lowest BCUT2D eigenvalue weighted by atomic mass is 10.1. The van der Waals surface area contributed by atoms with Gasteiger partial charge < -0.3 is 9.47 Å². The second kappa shape index (κ2) is 8.70. The number of hydrogen-bond donors (Lipinski definition) is 1. The molecule has 0 spiro atoms. The number of nitrogens with zero attached hydrogens (tertiary/aromatic N) is 1. The lowest BCUT2D eigenvalue weighted by Crippen LogP contribution is -2.07. The zero-order chi connectivity index (χ0) is 19.2. The minimum absolute atomic E-state index is 0.261. The second-order valence-corrected chi connectivity index (χ2v) is 6.77. The summed E-state index contributed by atoms with van der Waals surface area (Å²) in [6.45, 7) is 0. The second-order valence-electron chi connectivity index (χ2n) is 5.48. The zero-order valence-electron chi connectivity index (χ0n) is 14.7. The smallest absolute Gasteiger partial charge is 0.250 e. The molecule has 0 aliphatic heterocycles. The first-order valence-electron chi connectivity index (χ1n) is 8.01. The summed E-state index contributed by atoms with van der Waals surface area (Å²) in [5.74, 6) is 1.13. The van der Waals surface area contributed by atoms with Gasteiger partial charge in [0.25, 0.3) is 0 Å². The van der Waals surface area contributed by atoms with Gasteiger partial charge in [0.2, 0.25) is 5.91 Å². The van der Waals surface area contributed by atoms with E-state index in [1.807, 2.05) is 35.7 Å². The first-order valence-corrected chi connectivity index (χ1v) is 9.27. The van der Waals surface area contributed by atoms with Gasteiger partial charge in [-0.05, 0) is 42.0 Å². The van der Waals surface area contributed by atoms with Gasteiger partial charge in [-0.3, -0.25) is 10.1 Å². The van der Waals surface area contributed by atoms with Crippen molar-refractivity contribution in [3.05, 3.63) is 64.5 Å². The quantitative estimate of drug-likeness (QED) is 0.582. The first kappa shape index (κ1) is 18.9. The van der Waals surface area contributed by atoms with Gasteiger partial charge in [0.15, 0.2) is 5.13 Å². The summed E-state index contributed by atoms with van der Waals surface area (Å²) in [6.07, 6.45) is 3.17. The Morgan fingerprint density at radius 2 is 1.93 bits per heavy atom. The van der Waals surface area contributed by atoms with E-state index in [1.165, 1.54) is 17.4 Å². The number of ether oxygens (including phenoxy) is 2. The Balaban J connectivity index is 1.72. The van der Waals surface area contributed by atoms with Crippen molar-refractivity contribution in [2.45, 2.75) is 0 Å². The van der Waals surface area contributed by atoms with Crippen molar-refractivity contribution < 1.29 is 14.3 Å². The molecule has 1 heterocycles. The third-order valence-corrected chi connectivity index (χ3v) is 4.72. The molecule has 2 aromatic carbocycles. The molecule has 7 heteroatoms. The Labute approximate surface area is 166 Å². The molecule has 27 heavy (non-hydrogen) atoms. The summed E-state index contributed by atoms with van der Waals surface area (Å²) >= 11 is 7.19. The number of carbonyl (C=O) groups is 1. The van der Waals surface area contributed by atoms with Crippen LogP contribution in [0, 0.1) is 0 Å². The fourth-order valence-electron chi connectivity index (χ4n) is 2.36. The number of halogens is 1. The van der Waals surface area contributed by atoms with Gasteiger partial charge in [0, 0.05) is 22.0 Å². The molecule has 0 bridgehead atoms. The third-order valence-electron chi connectivity index (χ3n) is 3.71. The van der Waals surface area contributed by atoms with Gasteiger partial charge in [-0.2, -0.15) is 0 Å². The molecule has 0 aliphatic rings. The highest BCUT2D eigenvalue weighted by atomic mass is 35.5. The van der Waals surface area contributed by atoms with Crippen LogP contribution in [-0.2, 0) is 4.79 Å². The Morgan fingerprint density at radius 3 is 2.63 bits per heavy atom. The fourth-order valence-corrected chi connectivity index (χ4v) is 3.20. The molecule has 0 aliphatic carbocycles. The number of amides is 1. The molecule has 1 amide bonds. The van der Waals surface area contributed by atoms with Crippen molar-refractivity contribution in [2.24, 2.45) is 0 Å². The molecule has 0 saturated heterocycles. The molecular formula is C20H17ClN2O3S. The molecule has 0 unspecified atom stereocenters. The number of aromatic nitrogens is 1. The standard InChI is InChI=1S/C20H17ClN2O3S/c1-25-15-8-9-18(26-2)16(11-15)17-12-27-20(22-17)23-19(24)10-5-13-3-6-14(21)7-4-13/h3-12H,1-2H3,(H,22,23,24)/b10-5+. The van der Waals surface area contributed by atoms with Crippen LogP contribution in [0.3, 0.4) is 0 Å². The normalized spacial score (nSPS) is 10.8. The average molecular weight is 401 g/mol. The minimum Gasteiger partial charge on any atom is -0.497 e. The van der Waals surface area contributed by atoms with E-state index in [0.29, 0.717) is 27.3 Å². The van der Waals surface area contributed by atoms with E-state index in [0.717, 1.165) is 11.1 Å². The van der Waals surface area contributed by atoms with Crippen LogP contribution in [0.25, 0.3) is 17.3 Å². The molecule has 0 radical (unpaired) electrons. The molecule has 5 nitrogen and oxygen atoms in total. The number of benzene rings is 2. The lowest BCUT2D eigenvalue weighted by molar-refractivity contribution is -0.111. The van der Waals surface area contributed by atoms with Gasteiger partial charge in [0.1, 0.15) is 11.5 Å². The van der Waals surface area contributed by atoms with E-state index in [1.54, 1.807) is 32.4 Å². The Hall–Kier alpha value is -2.83. The molecular weight excluding hydrogens is 384 g/mol. The van der Waals surface area contributed by atoms with Crippen molar-refractivity contribution in [1.29, 1.82) is 0 Å². The maximum absolute atomic E-state index is 12.1. The Kier molecular flexibility index (Phi) is 6.11. The van der Waals surface area contributed by atoms with Crippen molar-refractivity contribution in [2.75, 3.05) is 19.5 Å². The van der Waals surface area contributed by atoms with Crippen molar-refractivity contribution in [1.82, 2.24) is 4.98 Å². The summed E-state index contributed by atoms with van der Waals surface area (Å²) in [4.78, 5) is 16.6. The number of hydrogen-bond acceptors (Lipinski definition) is 5. The van der Waals surface area contributed by atoms with Crippen LogP contribution in [0.4, 0.5) is 5.13 Å². The monoisotopic (exact) mass is 400 g/mol. The number of anilines is 1. The van der Waals surface area contributed by atoms with Gasteiger partial charge >= 0.3 is 0 Å². The zero-order valence-corrected chi connectivity index (χ0v) is 16.3. The van der Waals surface area contributed by atoms with Crippen molar-refractivity contribution >= 4 is 40.1 Å². The number of methoxy groups -OCH3 is 2. The lowest BCUT2D eigenvalue weighted by Gasteiger charge is -2.08. The minimum atomic E-state index is -0.261.